The SMILES string of the molecule is C=C(C)COOC(=O)CCCCCCCCCCC. The number of unbranched alkanes of at least 4 members (excludes halogenated alkanes) is 8. The molecule has 0 radical (unpaired) electrons. The monoisotopic (exact) mass is 270 g/mol. The molecule has 0 fully saturated rings. The van der Waals surface area contributed by atoms with Gasteiger partial charge in [0.2, 0.25) is 0 Å². The van der Waals surface area contributed by atoms with Crippen LogP contribution in [-0.4, -0.2) is 12.6 Å². The first-order chi connectivity index (χ1) is 9.16. The summed E-state index contributed by atoms with van der Waals surface area (Å²) in [5, 5.41) is 0. The first-order valence-corrected chi connectivity index (χ1v) is 7.63. The normalized spacial score (nSPS) is 10.4. The minimum atomic E-state index is -0.274. The lowest BCUT2D eigenvalue weighted by molar-refractivity contribution is -0.267. The highest BCUT2D eigenvalue weighted by atomic mass is 17.2. The van der Waals surface area contributed by atoms with E-state index < -0.39 is 0 Å². The van der Waals surface area contributed by atoms with E-state index in [0.717, 1.165) is 18.4 Å². The number of carbonyl (C=O) groups is 1. The van der Waals surface area contributed by atoms with Crippen LogP contribution in [-0.2, 0) is 14.6 Å². The second kappa shape index (κ2) is 13.6. The quantitative estimate of drug-likeness (QED) is 0.205. The summed E-state index contributed by atoms with van der Waals surface area (Å²) in [5.41, 5.74) is 0.843. The highest BCUT2D eigenvalue weighted by Gasteiger charge is 2.03. The van der Waals surface area contributed by atoms with Gasteiger partial charge in [-0.15, -0.1) is 0 Å². The van der Waals surface area contributed by atoms with Gasteiger partial charge >= 0.3 is 5.97 Å². The van der Waals surface area contributed by atoms with Crippen LogP contribution in [0.4, 0.5) is 0 Å². The molecule has 0 aromatic heterocycles. The Morgan fingerprint density at radius 1 is 0.947 bits per heavy atom. The van der Waals surface area contributed by atoms with E-state index in [1.54, 1.807) is 0 Å². The Morgan fingerprint density at radius 2 is 1.47 bits per heavy atom. The molecule has 0 aliphatic heterocycles. The van der Waals surface area contributed by atoms with Gasteiger partial charge in [-0.2, -0.15) is 4.89 Å². The third-order valence-corrected chi connectivity index (χ3v) is 2.94. The molecule has 3 heteroatoms. The molecule has 19 heavy (non-hydrogen) atoms. The zero-order chi connectivity index (χ0) is 14.3. The molecular weight excluding hydrogens is 240 g/mol. The predicted octanol–water partition coefficient (Wildman–Crippen LogP) is 4.96. The third-order valence-electron chi connectivity index (χ3n) is 2.94. The molecule has 0 aromatic rings. The Bertz CT molecular complexity index is 236. The fourth-order valence-corrected chi connectivity index (χ4v) is 1.82. The van der Waals surface area contributed by atoms with Gasteiger partial charge in [-0.1, -0.05) is 70.4 Å². The van der Waals surface area contributed by atoms with Gasteiger partial charge in [-0.3, -0.25) is 4.89 Å². The highest BCUT2D eigenvalue weighted by Crippen LogP contribution is 2.10. The predicted molar refractivity (Wildman–Crippen MR) is 78.7 cm³/mol. The highest BCUT2D eigenvalue weighted by molar-refractivity contribution is 5.68. The number of rotatable bonds is 13. The van der Waals surface area contributed by atoms with Gasteiger partial charge in [0.1, 0.15) is 6.61 Å². The van der Waals surface area contributed by atoms with E-state index in [1.165, 1.54) is 44.9 Å². The first-order valence-electron chi connectivity index (χ1n) is 7.63. The topological polar surface area (TPSA) is 35.5 Å². The lowest BCUT2D eigenvalue weighted by atomic mass is 10.1. The zero-order valence-corrected chi connectivity index (χ0v) is 12.7. The minimum absolute atomic E-state index is 0.274. The molecule has 112 valence electrons. The van der Waals surface area contributed by atoms with E-state index in [4.69, 9.17) is 4.89 Å². The summed E-state index contributed by atoms with van der Waals surface area (Å²) in [4.78, 5) is 20.6. The van der Waals surface area contributed by atoms with Crippen molar-refractivity contribution in [2.75, 3.05) is 6.61 Å². The van der Waals surface area contributed by atoms with Crippen LogP contribution in [0.25, 0.3) is 0 Å². The molecular formula is C16H30O3. The van der Waals surface area contributed by atoms with E-state index in [9.17, 15) is 4.79 Å². The molecule has 0 spiro atoms. The van der Waals surface area contributed by atoms with E-state index in [1.807, 2.05) is 6.92 Å². The number of hydrogen-bond acceptors (Lipinski definition) is 3. The van der Waals surface area contributed by atoms with Crippen LogP contribution in [0, 0.1) is 0 Å². The summed E-state index contributed by atoms with van der Waals surface area (Å²) in [6.07, 6.45) is 11.6. The molecule has 0 aliphatic rings. The fourth-order valence-electron chi connectivity index (χ4n) is 1.82. The van der Waals surface area contributed by atoms with Gasteiger partial charge < -0.3 is 0 Å². The van der Waals surface area contributed by atoms with Crippen molar-refractivity contribution in [3.63, 3.8) is 0 Å². The molecule has 0 N–H and O–H groups in total. The summed E-state index contributed by atoms with van der Waals surface area (Å²) < 4.78 is 0. The van der Waals surface area contributed by atoms with Crippen LogP contribution in [0.15, 0.2) is 12.2 Å². The smallest absolute Gasteiger partial charge is 0.298 e. The Balaban J connectivity index is 3.16. The molecule has 0 saturated carbocycles. The van der Waals surface area contributed by atoms with Crippen molar-refractivity contribution in [2.24, 2.45) is 0 Å². The maximum atomic E-state index is 11.3. The summed E-state index contributed by atoms with van der Waals surface area (Å²) >= 11 is 0. The molecule has 0 aromatic carbocycles. The maximum Gasteiger partial charge on any atom is 0.342 e. The van der Waals surface area contributed by atoms with E-state index in [-0.39, 0.29) is 12.6 Å². The lowest BCUT2D eigenvalue weighted by Gasteiger charge is -2.03. The van der Waals surface area contributed by atoms with Crippen LogP contribution < -0.4 is 0 Å². The number of carbonyl (C=O) groups excluding carboxylic acids is 1. The van der Waals surface area contributed by atoms with Gasteiger partial charge in [-0.05, 0) is 13.3 Å². The molecule has 0 amide bonds. The summed E-state index contributed by atoms with van der Waals surface area (Å²) in [5.74, 6) is -0.274. The molecule has 0 saturated heterocycles. The average Bonchev–Trinajstić information content (AvgIpc) is 2.36. The molecule has 0 bridgehead atoms. The second-order valence-corrected chi connectivity index (χ2v) is 5.25. The summed E-state index contributed by atoms with van der Waals surface area (Å²) in [7, 11) is 0. The van der Waals surface area contributed by atoms with E-state index >= 15 is 0 Å². The Labute approximate surface area is 118 Å². The molecule has 3 nitrogen and oxygen atoms in total. The summed E-state index contributed by atoms with van der Waals surface area (Å²) in [6.45, 7) is 8.00. The van der Waals surface area contributed by atoms with E-state index in [2.05, 4.69) is 18.4 Å². The van der Waals surface area contributed by atoms with Crippen molar-refractivity contribution in [3.8, 4) is 0 Å². The van der Waals surface area contributed by atoms with Crippen molar-refractivity contribution in [1.29, 1.82) is 0 Å². The third kappa shape index (κ3) is 15.1. The molecule has 0 atom stereocenters. The molecule has 0 aliphatic carbocycles. The van der Waals surface area contributed by atoms with Crippen molar-refractivity contribution in [1.82, 2.24) is 0 Å². The number of hydrogen-bond donors (Lipinski definition) is 0. The molecule has 0 unspecified atom stereocenters. The Hall–Kier alpha value is -0.830. The van der Waals surface area contributed by atoms with Crippen LogP contribution in [0.1, 0.15) is 78.1 Å². The van der Waals surface area contributed by atoms with Gasteiger partial charge in [0.25, 0.3) is 0 Å². The van der Waals surface area contributed by atoms with Crippen LogP contribution in [0.5, 0.6) is 0 Å². The maximum absolute atomic E-state index is 11.3. The Kier molecular flexibility index (Phi) is 13.0. The van der Waals surface area contributed by atoms with E-state index in [0.29, 0.717) is 6.42 Å². The van der Waals surface area contributed by atoms with Gasteiger partial charge in [0, 0.05) is 6.42 Å². The van der Waals surface area contributed by atoms with Gasteiger partial charge in [-0.25, -0.2) is 4.79 Å². The van der Waals surface area contributed by atoms with Crippen molar-refractivity contribution in [3.05, 3.63) is 12.2 Å². The second-order valence-electron chi connectivity index (χ2n) is 5.25. The fraction of sp³-hybridized carbons (Fsp3) is 0.812. The first kappa shape index (κ1) is 18.2. The molecule has 0 rings (SSSR count). The summed E-state index contributed by atoms with van der Waals surface area (Å²) in [6, 6.07) is 0. The average molecular weight is 270 g/mol. The van der Waals surface area contributed by atoms with Crippen LogP contribution in [0.3, 0.4) is 0 Å². The van der Waals surface area contributed by atoms with Crippen molar-refractivity contribution < 1.29 is 14.6 Å². The molecule has 0 heterocycles. The largest absolute Gasteiger partial charge is 0.342 e. The van der Waals surface area contributed by atoms with Gasteiger partial charge in [0.05, 0.1) is 0 Å². The van der Waals surface area contributed by atoms with Gasteiger partial charge in [0.15, 0.2) is 0 Å². The van der Waals surface area contributed by atoms with Crippen LogP contribution in [0.2, 0.25) is 0 Å². The standard InChI is InChI=1S/C16H30O3/c1-4-5-6-7-8-9-10-11-12-13-16(17)19-18-14-15(2)3/h2,4-14H2,1,3H3. The lowest BCUT2D eigenvalue weighted by Crippen LogP contribution is -2.06. The van der Waals surface area contributed by atoms with Crippen molar-refractivity contribution in [2.45, 2.75) is 78.1 Å². The minimum Gasteiger partial charge on any atom is -0.298 e. The zero-order valence-electron chi connectivity index (χ0n) is 12.7. The Morgan fingerprint density at radius 3 is 2.00 bits per heavy atom. The van der Waals surface area contributed by atoms with Crippen molar-refractivity contribution >= 4 is 5.97 Å². The van der Waals surface area contributed by atoms with Crippen LogP contribution >= 0.6 is 0 Å².